The van der Waals surface area contributed by atoms with Crippen LogP contribution in [0.5, 0.6) is 0 Å². The zero-order valence-electron chi connectivity index (χ0n) is 10.5. The first-order valence-electron chi connectivity index (χ1n) is 5.91. The smallest absolute Gasteiger partial charge is 0.270 e. The zero-order valence-corrected chi connectivity index (χ0v) is 12.9. The second kappa shape index (κ2) is 6.94. The molecule has 0 spiro atoms. The number of hydrogen-bond donors (Lipinski definition) is 2. The van der Waals surface area contributed by atoms with Crippen molar-refractivity contribution in [1.29, 1.82) is 0 Å². The van der Waals surface area contributed by atoms with E-state index >= 15 is 0 Å². The van der Waals surface area contributed by atoms with Crippen molar-refractivity contribution in [3.05, 3.63) is 60.7 Å². The molecule has 106 valence electrons. The highest BCUT2D eigenvalue weighted by molar-refractivity contribution is 9.10. The molecule has 1 aromatic carbocycles. The first-order valence-corrected chi connectivity index (χ1v) is 7.64. The average molecular weight is 357 g/mol. The highest BCUT2D eigenvalue weighted by Gasteiger charge is 2.10. The number of nitro benzene ring substituents is 1. The largest absolute Gasteiger partial charge is 0.387 e. The Morgan fingerprint density at radius 3 is 2.90 bits per heavy atom. The predicted octanol–water partition coefficient (Wildman–Crippen LogP) is 3.24. The average Bonchev–Trinajstić information content (AvgIpc) is 2.91. The van der Waals surface area contributed by atoms with Crippen LogP contribution in [0.15, 0.2) is 39.5 Å². The topological polar surface area (TPSA) is 75.4 Å². The van der Waals surface area contributed by atoms with Crippen LogP contribution in [0, 0.1) is 10.1 Å². The van der Waals surface area contributed by atoms with Gasteiger partial charge in [0.1, 0.15) is 0 Å². The standard InChI is InChI=1S/C13H13BrN2O3S/c14-11-3-9(4-12(5-11)16(18)19)6-15-7-13(17)10-1-2-20-8-10/h1-5,8,13,15,17H,6-7H2. The molecule has 0 amide bonds. The van der Waals surface area contributed by atoms with Gasteiger partial charge in [0.05, 0.1) is 11.0 Å². The molecule has 0 aliphatic heterocycles. The van der Waals surface area contributed by atoms with Crippen LogP contribution in [-0.4, -0.2) is 16.6 Å². The van der Waals surface area contributed by atoms with Crippen LogP contribution in [0.4, 0.5) is 5.69 Å². The van der Waals surface area contributed by atoms with Gasteiger partial charge in [-0.1, -0.05) is 15.9 Å². The van der Waals surface area contributed by atoms with E-state index in [-0.39, 0.29) is 5.69 Å². The molecule has 7 heteroatoms. The molecule has 1 aromatic heterocycles. The van der Waals surface area contributed by atoms with Crippen molar-refractivity contribution < 1.29 is 10.0 Å². The number of rotatable bonds is 6. The molecule has 2 rings (SSSR count). The lowest BCUT2D eigenvalue weighted by atomic mass is 10.1. The Bertz CT molecular complexity index is 589. The normalized spacial score (nSPS) is 12.3. The Morgan fingerprint density at radius 2 is 2.25 bits per heavy atom. The fourth-order valence-electron chi connectivity index (χ4n) is 1.78. The van der Waals surface area contributed by atoms with E-state index in [1.54, 1.807) is 0 Å². The Kier molecular flexibility index (Phi) is 5.24. The molecule has 0 aliphatic rings. The van der Waals surface area contributed by atoms with E-state index in [1.165, 1.54) is 23.5 Å². The van der Waals surface area contributed by atoms with E-state index in [9.17, 15) is 15.2 Å². The van der Waals surface area contributed by atoms with Crippen molar-refractivity contribution in [2.75, 3.05) is 6.54 Å². The number of aliphatic hydroxyl groups is 1. The molecule has 1 unspecified atom stereocenters. The highest BCUT2D eigenvalue weighted by Crippen LogP contribution is 2.21. The summed E-state index contributed by atoms with van der Waals surface area (Å²) in [4.78, 5) is 10.3. The minimum Gasteiger partial charge on any atom is -0.387 e. The molecular formula is C13H13BrN2O3S. The van der Waals surface area contributed by atoms with Gasteiger partial charge in [0.15, 0.2) is 0 Å². The summed E-state index contributed by atoms with van der Waals surface area (Å²) in [5.74, 6) is 0. The first kappa shape index (κ1) is 15.1. The number of aliphatic hydroxyl groups excluding tert-OH is 1. The lowest BCUT2D eigenvalue weighted by Crippen LogP contribution is -2.20. The molecule has 0 fully saturated rings. The molecule has 0 saturated carbocycles. The Hall–Kier alpha value is -1.28. The SMILES string of the molecule is O=[N+]([O-])c1cc(Br)cc(CNCC(O)c2ccsc2)c1. The number of nitrogens with zero attached hydrogens (tertiary/aromatic N) is 1. The molecule has 2 N–H and O–H groups in total. The third-order valence-electron chi connectivity index (χ3n) is 2.75. The fraction of sp³-hybridized carbons (Fsp3) is 0.231. The summed E-state index contributed by atoms with van der Waals surface area (Å²) in [7, 11) is 0. The molecule has 1 heterocycles. The lowest BCUT2D eigenvalue weighted by molar-refractivity contribution is -0.385. The third kappa shape index (κ3) is 4.11. The second-order valence-electron chi connectivity index (χ2n) is 4.28. The van der Waals surface area contributed by atoms with Gasteiger partial charge in [-0.15, -0.1) is 0 Å². The van der Waals surface area contributed by atoms with Gasteiger partial charge >= 0.3 is 0 Å². The molecular weight excluding hydrogens is 344 g/mol. The maximum absolute atomic E-state index is 10.8. The van der Waals surface area contributed by atoms with Crippen molar-refractivity contribution in [3.8, 4) is 0 Å². The number of non-ortho nitro benzene ring substituents is 1. The first-order chi connectivity index (χ1) is 9.56. The summed E-state index contributed by atoms with van der Waals surface area (Å²) in [6, 6.07) is 6.68. The molecule has 0 aliphatic carbocycles. The summed E-state index contributed by atoms with van der Waals surface area (Å²) in [6.07, 6.45) is -0.566. The van der Waals surface area contributed by atoms with E-state index < -0.39 is 11.0 Å². The number of benzene rings is 1. The molecule has 5 nitrogen and oxygen atoms in total. The molecule has 2 aromatic rings. The van der Waals surface area contributed by atoms with Gasteiger partial charge in [0, 0.05) is 29.7 Å². The maximum Gasteiger partial charge on any atom is 0.270 e. The molecule has 20 heavy (non-hydrogen) atoms. The maximum atomic E-state index is 10.8. The highest BCUT2D eigenvalue weighted by atomic mass is 79.9. The van der Waals surface area contributed by atoms with Gasteiger partial charge < -0.3 is 10.4 Å². The van der Waals surface area contributed by atoms with E-state index in [2.05, 4.69) is 21.2 Å². The van der Waals surface area contributed by atoms with Crippen LogP contribution in [0.1, 0.15) is 17.2 Å². The lowest BCUT2D eigenvalue weighted by Gasteiger charge is -2.10. The minimum atomic E-state index is -0.566. The summed E-state index contributed by atoms with van der Waals surface area (Å²) in [5.41, 5.74) is 1.72. The number of hydrogen-bond acceptors (Lipinski definition) is 5. The third-order valence-corrected chi connectivity index (χ3v) is 3.91. The van der Waals surface area contributed by atoms with Crippen molar-refractivity contribution in [2.24, 2.45) is 0 Å². The zero-order chi connectivity index (χ0) is 14.5. The van der Waals surface area contributed by atoms with Gasteiger partial charge in [-0.25, -0.2) is 0 Å². The molecule has 1 atom stereocenters. The van der Waals surface area contributed by atoms with Crippen LogP contribution in [0.2, 0.25) is 0 Å². The van der Waals surface area contributed by atoms with Gasteiger partial charge in [-0.3, -0.25) is 10.1 Å². The van der Waals surface area contributed by atoms with Crippen LogP contribution in [0.25, 0.3) is 0 Å². The number of nitrogens with one attached hydrogen (secondary N) is 1. The fourth-order valence-corrected chi connectivity index (χ4v) is 3.01. The van der Waals surface area contributed by atoms with Crippen LogP contribution in [0.3, 0.4) is 0 Å². The quantitative estimate of drug-likeness (QED) is 0.615. The number of halogens is 1. The van der Waals surface area contributed by atoms with Crippen molar-refractivity contribution >= 4 is 33.0 Å². The van der Waals surface area contributed by atoms with Gasteiger partial charge in [-0.2, -0.15) is 11.3 Å². The van der Waals surface area contributed by atoms with Gasteiger partial charge in [-0.05, 0) is 34.0 Å². The van der Waals surface area contributed by atoms with E-state index in [0.717, 1.165) is 11.1 Å². The monoisotopic (exact) mass is 356 g/mol. The van der Waals surface area contributed by atoms with Gasteiger partial charge in [0.2, 0.25) is 0 Å². The Balaban J connectivity index is 1.92. The number of nitro groups is 1. The van der Waals surface area contributed by atoms with Crippen LogP contribution < -0.4 is 5.32 Å². The van der Waals surface area contributed by atoms with E-state index in [4.69, 9.17) is 0 Å². The van der Waals surface area contributed by atoms with Gasteiger partial charge in [0.25, 0.3) is 5.69 Å². The molecule has 0 saturated heterocycles. The van der Waals surface area contributed by atoms with Crippen molar-refractivity contribution in [3.63, 3.8) is 0 Å². The van der Waals surface area contributed by atoms with Crippen LogP contribution in [-0.2, 0) is 6.54 Å². The summed E-state index contributed by atoms with van der Waals surface area (Å²) >= 11 is 4.79. The summed E-state index contributed by atoms with van der Waals surface area (Å²) in [5, 5.41) is 27.6. The summed E-state index contributed by atoms with van der Waals surface area (Å²) in [6.45, 7) is 0.860. The molecule has 0 radical (unpaired) electrons. The Labute approximate surface area is 128 Å². The second-order valence-corrected chi connectivity index (χ2v) is 5.97. The Morgan fingerprint density at radius 1 is 1.45 bits per heavy atom. The summed E-state index contributed by atoms with van der Waals surface area (Å²) < 4.78 is 0.668. The van der Waals surface area contributed by atoms with Crippen molar-refractivity contribution in [2.45, 2.75) is 12.6 Å². The molecule has 0 bridgehead atoms. The van der Waals surface area contributed by atoms with Crippen LogP contribution >= 0.6 is 27.3 Å². The number of thiophene rings is 1. The minimum absolute atomic E-state index is 0.0505. The van der Waals surface area contributed by atoms with E-state index in [1.807, 2.05) is 22.9 Å². The predicted molar refractivity (Wildman–Crippen MR) is 81.8 cm³/mol. The van der Waals surface area contributed by atoms with E-state index in [0.29, 0.717) is 17.6 Å². The van der Waals surface area contributed by atoms with Crippen molar-refractivity contribution in [1.82, 2.24) is 5.32 Å².